The van der Waals surface area contributed by atoms with E-state index in [1.165, 1.54) is 55.3 Å². The van der Waals surface area contributed by atoms with Gasteiger partial charge in [0.2, 0.25) is 0 Å². The van der Waals surface area contributed by atoms with E-state index >= 15 is 0 Å². The average Bonchev–Trinajstić information content (AvgIpc) is 3.17. The van der Waals surface area contributed by atoms with E-state index in [-0.39, 0.29) is 0 Å². The maximum atomic E-state index is 2.41. The zero-order chi connectivity index (χ0) is 19.2. The first-order valence-corrected chi connectivity index (χ1v) is 10.2. The van der Waals surface area contributed by atoms with E-state index in [0.717, 1.165) is 6.42 Å². The van der Waals surface area contributed by atoms with Crippen molar-refractivity contribution in [1.29, 1.82) is 0 Å². The highest BCUT2D eigenvalue weighted by atomic mass is 14.3. The lowest BCUT2D eigenvalue weighted by atomic mass is 9.91. The van der Waals surface area contributed by atoms with Crippen molar-refractivity contribution in [1.82, 2.24) is 0 Å². The van der Waals surface area contributed by atoms with Gasteiger partial charge in [0, 0.05) is 0 Å². The van der Waals surface area contributed by atoms with Crippen molar-refractivity contribution in [2.75, 3.05) is 0 Å². The van der Waals surface area contributed by atoms with Gasteiger partial charge in [0.05, 0.1) is 0 Å². The van der Waals surface area contributed by atoms with Gasteiger partial charge in [-0.2, -0.15) is 0 Å². The molecule has 0 radical (unpaired) electrons. The van der Waals surface area contributed by atoms with Crippen molar-refractivity contribution < 1.29 is 0 Å². The molecule has 0 atom stereocenters. The first-order valence-electron chi connectivity index (χ1n) is 10.2. The molecule has 0 saturated heterocycles. The van der Waals surface area contributed by atoms with Crippen molar-refractivity contribution in [3.63, 3.8) is 0 Å². The molecule has 0 unspecified atom stereocenters. The van der Waals surface area contributed by atoms with Gasteiger partial charge in [0.1, 0.15) is 0 Å². The van der Waals surface area contributed by atoms with Gasteiger partial charge < -0.3 is 0 Å². The second kappa shape index (κ2) is 6.46. The van der Waals surface area contributed by atoms with Gasteiger partial charge in [-0.05, 0) is 67.8 Å². The Kier molecular flexibility index (Phi) is 3.64. The molecule has 1 aliphatic carbocycles. The Bertz CT molecular complexity index is 1350. The molecule has 6 rings (SSSR count). The third-order valence-corrected chi connectivity index (χ3v) is 6.07. The summed E-state index contributed by atoms with van der Waals surface area (Å²) in [5.74, 6) is 0. The van der Waals surface area contributed by atoms with Crippen LogP contribution in [-0.2, 0) is 6.42 Å². The summed E-state index contributed by atoms with van der Waals surface area (Å²) in [6, 6.07) is 39.6. The molecule has 5 aromatic rings. The SMILES string of the molecule is c1ccc(-c2ccc3c(c2)Cc2cc(-c4ccccc4)c4ccccc4c2-3)cc1. The Morgan fingerprint density at radius 1 is 0.414 bits per heavy atom. The monoisotopic (exact) mass is 368 g/mol. The van der Waals surface area contributed by atoms with Gasteiger partial charge in [-0.3, -0.25) is 0 Å². The lowest BCUT2D eigenvalue weighted by Crippen LogP contribution is -1.88. The third kappa shape index (κ3) is 2.61. The molecule has 29 heavy (non-hydrogen) atoms. The Balaban J connectivity index is 1.57. The van der Waals surface area contributed by atoms with Gasteiger partial charge in [-0.15, -0.1) is 0 Å². The fourth-order valence-corrected chi connectivity index (χ4v) is 4.75. The number of rotatable bonds is 2. The molecule has 0 heteroatoms. The van der Waals surface area contributed by atoms with Crippen LogP contribution < -0.4 is 0 Å². The van der Waals surface area contributed by atoms with Gasteiger partial charge in [-0.1, -0.05) is 103 Å². The molecule has 5 aromatic carbocycles. The maximum Gasteiger partial charge on any atom is -0.00128 e. The Morgan fingerprint density at radius 2 is 1.07 bits per heavy atom. The molecular weight excluding hydrogens is 348 g/mol. The fraction of sp³-hybridized carbons (Fsp3) is 0.0345. The first-order chi connectivity index (χ1) is 14.4. The van der Waals surface area contributed by atoms with Crippen LogP contribution in [0.15, 0.2) is 109 Å². The second-order valence-electron chi connectivity index (χ2n) is 7.78. The molecule has 1 aliphatic rings. The molecule has 0 heterocycles. The van der Waals surface area contributed by atoms with E-state index < -0.39 is 0 Å². The largest absolute Gasteiger partial charge is 0.0622 e. The summed E-state index contributed by atoms with van der Waals surface area (Å²) in [6.45, 7) is 0. The second-order valence-corrected chi connectivity index (χ2v) is 7.78. The predicted molar refractivity (Wildman–Crippen MR) is 123 cm³/mol. The minimum Gasteiger partial charge on any atom is -0.0622 e. The van der Waals surface area contributed by atoms with Crippen molar-refractivity contribution in [3.05, 3.63) is 120 Å². The summed E-state index contributed by atoms with van der Waals surface area (Å²) >= 11 is 0. The van der Waals surface area contributed by atoms with Crippen LogP contribution in [0.4, 0.5) is 0 Å². The van der Waals surface area contributed by atoms with Crippen LogP contribution in [0.25, 0.3) is 44.2 Å². The van der Waals surface area contributed by atoms with Crippen LogP contribution in [0.2, 0.25) is 0 Å². The number of hydrogen-bond donors (Lipinski definition) is 0. The van der Waals surface area contributed by atoms with E-state index in [2.05, 4.69) is 109 Å². The van der Waals surface area contributed by atoms with Crippen molar-refractivity contribution in [2.45, 2.75) is 6.42 Å². The van der Waals surface area contributed by atoms with Crippen LogP contribution in [0, 0.1) is 0 Å². The quantitative estimate of drug-likeness (QED) is 0.293. The van der Waals surface area contributed by atoms with E-state index in [1.807, 2.05) is 0 Å². The molecule has 0 bridgehead atoms. The first kappa shape index (κ1) is 16.3. The van der Waals surface area contributed by atoms with E-state index in [4.69, 9.17) is 0 Å². The molecule has 0 aliphatic heterocycles. The van der Waals surface area contributed by atoms with Crippen LogP contribution in [0.1, 0.15) is 11.1 Å². The molecule has 0 nitrogen and oxygen atoms in total. The number of hydrogen-bond acceptors (Lipinski definition) is 0. The number of benzene rings is 5. The number of fused-ring (bicyclic) bond motifs is 5. The smallest absolute Gasteiger partial charge is 0.00128 e. The molecule has 0 N–H and O–H groups in total. The van der Waals surface area contributed by atoms with Crippen LogP contribution in [-0.4, -0.2) is 0 Å². The molecular formula is C29H20. The fourth-order valence-electron chi connectivity index (χ4n) is 4.75. The molecule has 136 valence electrons. The molecule has 0 spiro atoms. The van der Waals surface area contributed by atoms with Crippen molar-refractivity contribution >= 4 is 10.8 Å². The van der Waals surface area contributed by atoms with Gasteiger partial charge in [0.25, 0.3) is 0 Å². The van der Waals surface area contributed by atoms with Gasteiger partial charge >= 0.3 is 0 Å². The lowest BCUT2D eigenvalue weighted by Gasteiger charge is -2.13. The standard InChI is InChI=1S/C29H20/c1-3-9-20(10-4-1)22-15-16-25-23(17-22)18-24-19-28(21-11-5-2-6-12-21)26-13-7-8-14-27(26)29(24)25/h1-17,19H,18H2. The van der Waals surface area contributed by atoms with Crippen molar-refractivity contribution in [2.24, 2.45) is 0 Å². The predicted octanol–water partition coefficient (Wildman–Crippen LogP) is 7.75. The zero-order valence-corrected chi connectivity index (χ0v) is 16.1. The summed E-state index contributed by atoms with van der Waals surface area (Å²) < 4.78 is 0. The Labute approximate surface area is 171 Å². The summed E-state index contributed by atoms with van der Waals surface area (Å²) in [7, 11) is 0. The summed E-state index contributed by atoms with van der Waals surface area (Å²) in [5.41, 5.74) is 10.8. The van der Waals surface area contributed by atoms with E-state index in [9.17, 15) is 0 Å². The van der Waals surface area contributed by atoms with Crippen molar-refractivity contribution in [3.8, 4) is 33.4 Å². The zero-order valence-electron chi connectivity index (χ0n) is 16.1. The molecule has 0 fully saturated rings. The van der Waals surface area contributed by atoms with E-state index in [0.29, 0.717) is 0 Å². The Morgan fingerprint density at radius 3 is 1.83 bits per heavy atom. The van der Waals surface area contributed by atoms with E-state index in [1.54, 1.807) is 0 Å². The highest BCUT2D eigenvalue weighted by Crippen LogP contribution is 2.45. The van der Waals surface area contributed by atoms with Crippen LogP contribution in [0.5, 0.6) is 0 Å². The maximum absolute atomic E-state index is 2.41. The van der Waals surface area contributed by atoms with Crippen LogP contribution in [0.3, 0.4) is 0 Å². The minimum atomic E-state index is 0.996. The highest BCUT2D eigenvalue weighted by molar-refractivity contribution is 6.08. The molecule has 0 saturated carbocycles. The van der Waals surface area contributed by atoms with Gasteiger partial charge in [0.15, 0.2) is 0 Å². The third-order valence-electron chi connectivity index (χ3n) is 6.07. The topological polar surface area (TPSA) is 0 Å². The normalized spacial score (nSPS) is 12.0. The Hall–Kier alpha value is -3.64. The lowest BCUT2D eigenvalue weighted by molar-refractivity contribution is 1.27. The molecule has 0 aromatic heterocycles. The molecule has 0 amide bonds. The summed E-state index contributed by atoms with van der Waals surface area (Å²) in [5, 5.41) is 2.69. The van der Waals surface area contributed by atoms with Gasteiger partial charge in [-0.25, -0.2) is 0 Å². The summed E-state index contributed by atoms with van der Waals surface area (Å²) in [6.07, 6.45) is 0.996. The van der Waals surface area contributed by atoms with Crippen LogP contribution >= 0.6 is 0 Å². The summed E-state index contributed by atoms with van der Waals surface area (Å²) in [4.78, 5) is 0. The average molecular weight is 368 g/mol. The minimum absolute atomic E-state index is 0.996. The highest BCUT2D eigenvalue weighted by Gasteiger charge is 2.23.